The maximum absolute atomic E-state index is 7.41. The van der Waals surface area contributed by atoms with E-state index in [1.54, 1.807) is 6.07 Å². The molecule has 1 aromatic rings. The van der Waals surface area contributed by atoms with Crippen molar-refractivity contribution >= 4 is 5.84 Å². The second-order valence-electron chi connectivity index (χ2n) is 3.72. The van der Waals surface area contributed by atoms with E-state index in [1.165, 1.54) is 0 Å². The summed E-state index contributed by atoms with van der Waals surface area (Å²) >= 11 is 0. The van der Waals surface area contributed by atoms with E-state index in [9.17, 15) is 0 Å². The zero-order valence-electron chi connectivity index (χ0n) is 10.2. The highest BCUT2D eigenvalue weighted by molar-refractivity contribution is 5.97. The summed E-state index contributed by atoms with van der Waals surface area (Å²) < 4.78 is 10.9. The number of nitrogens with two attached hydrogens (primary N) is 1. The first-order valence-corrected chi connectivity index (χ1v) is 5.89. The average molecular weight is 236 g/mol. The molecule has 0 atom stereocenters. The Bertz CT molecular complexity index is 353. The lowest BCUT2D eigenvalue weighted by Crippen LogP contribution is -2.14. The second-order valence-corrected chi connectivity index (χ2v) is 3.72. The summed E-state index contributed by atoms with van der Waals surface area (Å²) in [6, 6.07) is 7.28. The third-order valence-corrected chi connectivity index (χ3v) is 2.30. The molecule has 94 valence electrons. The number of hydrogen-bond acceptors (Lipinski definition) is 3. The molecule has 0 heterocycles. The molecule has 0 unspecified atom stereocenters. The van der Waals surface area contributed by atoms with Crippen molar-refractivity contribution in [3.8, 4) is 5.75 Å². The van der Waals surface area contributed by atoms with E-state index in [-0.39, 0.29) is 5.84 Å². The molecule has 0 aromatic heterocycles. The quantitative estimate of drug-likeness (QED) is 0.413. The lowest BCUT2D eigenvalue weighted by molar-refractivity contribution is 0.0980. The van der Waals surface area contributed by atoms with Gasteiger partial charge < -0.3 is 15.2 Å². The van der Waals surface area contributed by atoms with Gasteiger partial charge in [0.2, 0.25) is 0 Å². The molecule has 0 radical (unpaired) electrons. The topological polar surface area (TPSA) is 68.3 Å². The Morgan fingerprint density at radius 2 is 2.00 bits per heavy atom. The number of hydrogen-bond donors (Lipinski definition) is 2. The number of rotatable bonds is 8. The van der Waals surface area contributed by atoms with E-state index in [2.05, 4.69) is 6.92 Å². The van der Waals surface area contributed by atoms with E-state index < -0.39 is 0 Å². The molecule has 0 bridgehead atoms. The largest absolute Gasteiger partial charge is 0.490 e. The third kappa shape index (κ3) is 4.87. The molecule has 0 aliphatic rings. The van der Waals surface area contributed by atoms with Crippen LogP contribution in [0.4, 0.5) is 0 Å². The van der Waals surface area contributed by atoms with Gasteiger partial charge in [0.05, 0.1) is 12.2 Å². The van der Waals surface area contributed by atoms with Crippen molar-refractivity contribution in [1.82, 2.24) is 0 Å². The molecule has 0 fully saturated rings. The highest BCUT2D eigenvalue weighted by Crippen LogP contribution is 2.16. The molecular weight excluding hydrogens is 216 g/mol. The van der Waals surface area contributed by atoms with Gasteiger partial charge in [0.15, 0.2) is 0 Å². The molecule has 1 aromatic carbocycles. The van der Waals surface area contributed by atoms with Crippen LogP contribution >= 0.6 is 0 Å². The van der Waals surface area contributed by atoms with Crippen LogP contribution in [0.3, 0.4) is 0 Å². The number of unbranched alkanes of at least 4 members (excludes halogenated alkanes) is 1. The van der Waals surface area contributed by atoms with Crippen LogP contribution in [-0.2, 0) is 4.74 Å². The first-order valence-electron chi connectivity index (χ1n) is 5.89. The Kier molecular flexibility index (Phi) is 6.10. The maximum atomic E-state index is 7.41. The minimum absolute atomic E-state index is 0.0208. The number of benzene rings is 1. The van der Waals surface area contributed by atoms with Gasteiger partial charge in [-0.3, -0.25) is 5.41 Å². The first kappa shape index (κ1) is 13.5. The SMILES string of the molecule is CCCCOCCOc1ccccc1C(=N)N. The monoisotopic (exact) mass is 236 g/mol. The van der Waals surface area contributed by atoms with Gasteiger partial charge in [-0.15, -0.1) is 0 Å². The summed E-state index contributed by atoms with van der Waals surface area (Å²) in [4.78, 5) is 0. The van der Waals surface area contributed by atoms with Crippen LogP contribution in [0.2, 0.25) is 0 Å². The normalized spacial score (nSPS) is 10.2. The van der Waals surface area contributed by atoms with Crippen LogP contribution in [0.15, 0.2) is 24.3 Å². The lowest BCUT2D eigenvalue weighted by Gasteiger charge is -2.10. The average Bonchev–Trinajstić information content (AvgIpc) is 2.34. The molecule has 17 heavy (non-hydrogen) atoms. The Balaban J connectivity index is 2.34. The molecule has 0 spiro atoms. The zero-order valence-corrected chi connectivity index (χ0v) is 10.2. The fourth-order valence-corrected chi connectivity index (χ4v) is 1.37. The van der Waals surface area contributed by atoms with Crippen molar-refractivity contribution in [3.63, 3.8) is 0 Å². The van der Waals surface area contributed by atoms with Crippen LogP contribution in [0, 0.1) is 5.41 Å². The van der Waals surface area contributed by atoms with Gasteiger partial charge in [0, 0.05) is 6.61 Å². The summed E-state index contributed by atoms with van der Waals surface area (Å²) in [7, 11) is 0. The molecule has 1 rings (SSSR count). The fourth-order valence-electron chi connectivity index (χ4n) is 1.37. The van der Waals surface area contributed by atoms with Gasteiger partial charge in [0.1, 0.15) is 18.2 Å². The molecule has 3 N–H and O–H groups in total. The molecule has 4 heteroatoms. The molecule has 0 saturated heterocycles. The minimum atomic E-state index is 0.0208. The van der Waals surface area contributed by atoms with Crippen molar-refractivity contribution in [2.75, 3.05) is 19.8 Å². The molecular formula is C13H20N2O2. The van der Waals surface area contributed by atoms with Gasteiger partial charge >= 0.3 is 0 Å². The van der Waals surface area contributed by atoms with Crippen molar-refractivity contribution in [3.05, 3.63) is 29.8 Å². The van der Waals surface area contributed by atoms with Crippen molar-refractivity contribution in [1.29, 1.82) is 5.41 Å². The minimum Gasteiger partial charge on any atom is -0.490 e. The van der Waals surface area contributed by atoms with Crippen molar-refractivity contribution < 1.29 is 9.47 Å². The van der Waals surface area contributed by atoms with E-state index in [0.29, 0.717) is 24.5 Å². The van der Waals surface area contributed by atoms with Crippen LogP contribution in [0.5, 0.6) is 5.75 Å². The molecule has 0 aliphatic carbocycles. The highest BCUT2D eigenvalue weighted by atomic mass is 16.5. The molecule has 0 amide bonds. The second kappa shape index (κ2) is 7.68. The van der Waals surface area contributed by atoms with Crippen molar-refractivity contribution in [2.45, 2.75) is 19.8 Å². The van der Waals surface area contributed by atoms with Crippen molar-refractivity contribution in [2.24, 2.45) is 5.73 Å². The van der Waals surface area contributed by atoms with E-state index in [1.807, 2.05) is 18.2 Å². The predicted molar refractivity (Wildman–Crippen MR) is 68.7 cm³/mol. The van der Waals surface area contributed by atoms with Crippen LogP contribution in [0.1, 0.15) is 25.3 Å². The molecule has 0 saturated carbocycles. The standard InChI is InChI=1S/C13H20N2O2/c1-2-3-8-16-9-10-17-12-7-5-4-6-11(12)13(14)15/h4-7H,2-3,8-10H2,1H3,(H3,14,15). The predicted octanol–water partition coefficient (Wildman–Crippen LogP) is 2.17. The number of nitrogens with one attached hydrogen (secondary N) is 1. The van der Waals surface area contributed by atoms with E-state index in [0.717, 1.165) is 19.4 Å². The third-order valence-electron chi connectivity index (χ3n) is 2.30. The summed E-state index contributed by atoms with van der Waals surface area (Å²) in [6.45, 7) is 3.94. The number of nitrogen functional groups attached to an aromatic ring is 1. The number of amidine groups is 1. The lowest BCUT2D eigenvalue weighted by atomic mass is 10.2. The fraction of sp³-hybridized carbons (Fsp3) is 0.462. The van der Waals surface area contributed by atoms with Crippen LogP contribution in [0.25, 0.3) is 0 Å². The van der Waals surface area contributed by atoms with Gasteiger partial charge in [0.25, 0.3) is 0 Å². The Morgan fingerprint density at radius 3 is 2.71 bits per heavy atom. The number of ether oxygens (including phenoxy) is 2. The van der Waals surface area contributed by atoms with Gasteiger partial charge in [-0.25, -0.2) is 0 Å². The first-order chi connectivity index (χ1) is 8.25. The van der Waals surface area contributed by atoms with Crippen LogP contribution in [-0.4, -0.2) is 25.7 Å². The van der Waals surface area contributed by atoms with E-state index >= 15 is 0 Å². The molecule has 0 aliphatic heterocycles. The van der Waals surface area contributed by atoms with Gasteiger partial charge in [-0.05, 0) is 18.6 Å². The molecule has 4 nitrogen and oxygen atoms in total. The Hall–Kier alpha value is -1.55. The summed E-state index contributed by atoms with van der Waals surface area (Å²) in [5, 5.41) is 7.41. The van der Waals surface area contributed by atoms with Crippen LogP contribution < -0.4 is 10.5 Å². The Labute approximate surface area is 102 Å². The smallest absolute Gasteiger partial charge is 0.130 e. The van der Waals surface area contributed by atoms with E-state index in [4.69, 9.17) is 20.6 Å². The highest BCUT2D eigenvalue weighted by Gasteiger charge is 2.04. The Morgan fingerprint density at radius 1 is 1.24 bits per heavy atom. The number of para-hydroxylation sites is 1. The van der Waals surface area contributed by atoms with Gasteiger partial charge in [-0.2, -0.15) is 0 Å². The summed E-state index contributed by atoms with van der Waals surface area (Å²) in [6.07, 6.45) is 2.21. The summed E-state index contributed by atoms with van der Waals surface area (Å²) in [5.41, 5.74) is 6.08. The maximum Gasteiger partial charge on any atom is 0.130 e. The van der Waals surface area contributed by atoms with Gasteiger partial charge in [-0.1, -0.05) is 25.5 Å². The zero-order chi connectivity index (χ0) is 12.5. The summed E-state index contributed by atoms with van der Waals surface area (Å²) in [5.74, 6) is 0.659.